The van der Waals surface area contributed by atoms with Crippen LogP contribution in [0, 0.1) is 5.92 Å². The van der Waals surface area contributed by atoms with Crippen molar-refractivity contribution in [2.24, 2.45) is 5.92 Å². The molecular formula is C15H23NO2. The molecule has 0 bridgehead atoms. The van der Waals surface area contributed by atoms with Crippen LogP contribution in [0.5, 0.6) is 5.75 Å². The lowest BCUT2D eigenvalue weighted by Crippen LogP contribution is -2.21. The van der Waals surface area contributed by atoms with Gasteiger partial charge in [-0.1, -0.05) is 25.7 Å². The fourth-order valence-corrected chi connectivity index (χ4v) is 2.66. The van der Waals surface area contributed by atoms with Gasteiger partial charge in [-0.15, -0.1) is 0 Å². The first-order valence-electron chi connectivity index (χ1n) is 6.84. The van der Waals surface area contributed by atoms with Gasteiger partial charge in [-0.25, -0.2) is 0 Å². The van der Waals surface area contributed by atoms with Gasteiger partial charge in [0.25, 0.3) is 0 Å². The largest absolute Gasteiger partial charge is 0.497 e. The first-order chi connectivity index (χ1) is 8.78. The highest BCUT2D eigenvalue weighted by Crippen LogP contribution is 2.28. The minimum atomic E-state index is -0.241. The Morgan fingerprint density at radius 1 is 1.28 bits per heavy atom. The molecule has 1 aromatic rings. The number of hydrogen-bond donors (Lipinski definition) is 2. The van der Waals surface area contributed by atoms with Crippen molar-refractivity contribution in [1.29, 1.82) is 0 Å². The highest BCUT2D eigenvalue weighted by atomic mass is 16.5. The SMILES string of the molecule is COc1ccc(NCC(O)CC2CCCC2)cc1. The normalized spacial score (nSPS) is 17.7. The number of methoxy groups -OCH3 is 1. The number of nitrogens with one attached hydrogen (secondary N) is 1. The summed E-state index contributed by atoms with van der Waals surface area (Å²) in [5.41, 5.74) is 1.03. The molecule has 1 aliphatic carbocycles. The van der Waals surface area contributed by atoms with Crippen LogP contribution in [0.15, 0.2) is 24.3 Å². The molecule has 1 aliphatic rings. The summed E-state index contributed by atoms with van der Waals surface area (Å²) in [5, 5.41) is 13.2. The molecule has 1 atom stereocenters. The fraction of sp³-hybridized carbons (Fsp3) is 0.600. The summed E-state index contributed by atoms with van der Waals surface area (Å²) in [7, 11) is 1.66. The molecule has 2 rings (SSSR count). The van der Waals surface area contributed by atoms with Crippen molar-refractivity contribution in [2.75, 3.05) is 19.0 Å². The Bertz CT molecular complexity index is 344. The molecule has 3 heteroatoms. The zero-order chi connectivity index (χ0) is 12.8. The van der Waals surface area contributed by atoms with Crippen molar-refractivity contribution in [2.45, 2.75) is 38.2 Å². The van der Waals surface area contributed by atoms with Gasteiger partial charge in [0, 0.05) is 12.2 Å². The summed E-state index contributed by atoms with van der Waals surface area (Å²) in [6.07, 6.45) is 5.95. The lowest BCUT2D eigenvalue weighted by Gasteiger charge is -2.16. The number of ether oxygens (including phenoxy) is 1. The third-order valence-electron chi connectivity index (χ3n) is 3.71. The summed E-state index contributed by atoms with van der Waals surface area (Å²) in [4.78, 5) is 0. The van der Waals surface area contributed by atoms with E-state index >= 15 is 0 Å². The maximum atomic E-state index is 9.98. The van der Waals surface area contributed by atoms with E-state index in [4.69, 9.17) is 4.74 Å². The molecule has 0 radical (unpaired) electrons. The van der Waals surface area contributed by atoms with Crippen LogP contribution in [-0.2, 0) is 0 Å². The van der Waals surface area contributed by atoms with Crippen molar-refractivity contribution in [3.8, 4) is 5.75 Å². The molecule has 0 amide bonds. The molecule has 1 aromatic carbocycles. The van der Waals surface area contributed by atoms with E-state index < -0.39 is 0 Å². The van der Waals surface area contributed by atoms with Gasteiger partial charge in [-0.05, 0) is 36.6 Å². The lowest BCUT2D eigenvalue weighted by molar-refractivity contribution is 0.155. The van der Waals surface area contributed by atoms with Gasteiger partial charge in [0.1, 0.15) is 5.75 Å². The Balaban J connectivity index is 1.72. The van der Waals surface area contributed by atoms with Gasteiger partial charge in [-0.2, -0.15) is 0 Å². The smallest absolute Gasteiger partial charge is 0.119 e. The zero-order valence-electron chi connectivity index (χ0n) is 11.1. The number of hydrogen-bond acceptors (Lipinski definition) is 3. The monoisotopic (exact) mass is 249 g/mol. The van der Waals surface area contributed by atoms with Crippen LogP contribution < -0.4 is 10.1 Å². The predicted octanol–water partition coefficient (Wildman–Crippen LogP) is 3.05. The summed E-state index contributed by atoms with van der Waals surface area (Å²) < 4.78 is 5.11. The molecule has 1 fully saturated rings. The maximum Gasteiger partial charge on any atom is 0.119 e. The van der Waals surface area contributed by atoms with Gasteiger partial charge >= 0.3 is 0 Å². The highest BCUT2D eigenvalue weighted by molar-refractivity contribution is 5.46. The Morgan fingerprint density at radius 3 is 2.56 bits per heavy atom. The molecule has 2 N–H and O–H groups in total. The minimum absolute atomic E-state index is 0.241. The van der Waals surface area contributed by atoms with Crippen molar-refractivity contribution in [1.82, 2.24) is 0 Å². The van der Waals surface area contributed by atoms with E-state index in [0.717, 1.165) is 23.8 Å². The van der Waals surface area contributed by atoms with Crippen molar-refractivity contribution in [3.63, 3.8) is 0 Å². The van der Waals surface area contributed by atoms with Gasteiger partial charge in [-0.3, -0.25) is 0 Å². The van der Waals surface area contributed by atoms with Gasteiger partial charge < -0.3 is 15.2 Å². The third-order valence-corrected chi connectivity index (χ3v) is 3.71. The Hall–Kier alpha value is -1.22. The van der Waals surface area contributed by atoms with Crippen molar-refractivity contribution >= 4 is 5.69 Å². The standard InChI is InChI=1S/C15H23NO2/c1-18-15-8-6-13(7-9-15)16-11-14(17)10-12-4-2-3-5-12/h6-9,12,14,16-17H,2-5,10-11H2,1H3. The molecule has 0 aliphatic heterocycles. The molecule has 3 nitrogen and oxygen atoms in total. The van der Waals surface area contributed by atoms with Crippen molar-refractivity contribution in [3.05, 3.63) is 24.3 Å². The van der Waals surface area contributed by atoms with Crippen LogP contribution in [0.3, 0.4) is 0 Å². The Kier molecular flexibility index (Phi) is 4.88. The van der Waals surface area contributed by atoms with E-state index in [1.54, 1.807) is 7.11 Å². The fourth-order valence-electron chi connectivity index (χ4n) is 2.66. The number of aliphatic hydroxyl groups excluding tert-OH is 1. The molecule has 0 heterocycles. The van der Waals surface area contributed by atoms with Crippen LogP contribution in [0.1, 0.15) is 32.1 Å². The van der Waals surface area contributed by atoms with E-state index in [9.17, 15) is 5.11 Å². The molecular weight excluding hydrogens is 226 g/mol. The minimum Gasteiger partial charge on any atom is -0.497 e. The van der Waals surface area contributed by atoms with Gasteiger partial charge in [0.15, 0.2) is 0 Å². The molecule has 1 saturated carbocycles. The van der Waals surface area contributed by atoms with Crippen LogP contribution in [0.4, 0.5) is 5.69 Å². The Labute approximate surface area is 109 Å². The molecule has 0 aromatic heterocycles. The topological polar surface area (TPSA) is 41.5 Å². The summed E-state index contributed by atoms with van der Waals surface area (Å²) >= 11 is 0. The first kappa shape index (κ1) is 13.2. The summed E-state index contributed by atoms with van der Waals surface area (Å²) in [6.45, 7) is 0.628. The quantitative estimate of drug-likeness (QED) is 0.814. The Morgan fingerprint density at radius 2 is 1.94 bits per heavy atom. The lowest BCUT2D eigenvalue weighted by atomic mass is 10.00. The van der Waals surface area contributed by atoms with Crippen LogP contribution in [0.25, 0.3) is 0 Å². The second-order valence-electron chi connectivity index (χ2n) is 5.15. The molecule has 18 heavy (non-hydrogen) atoms. The van der Waals surface area contributed by atoms with Gasteiger partial charge in [0.2, 0.25) is 0 Å². The number of anilines is 1. The van der Waals surface area contributed by atoms with E-state index in [1.165, 1.54) is 25.7 Å². The van der Waals surface area contributed by atoms with E-state index in [1.807, 2.05) is 24.3 Å². The number of rotatable bonds is 6. The van der Waals surface area contributed by atoms with E-state index in [-0.39, 0.29) is 6.10 Å². The first-order valence-corrected chi connectivity index (χ1v) is 6.84. The summed E-state index contributed by atoms with van der Waals surface area (Å²) in [5.74, 6) is 1.59. The highest BCUT2D eigenvalue weighted by Gasteiger charge is 2.18. The van der Waals surface area contributed by atoms with Crippen LogP contribution in [-0.4, -0.2) is 24.9 Å². The second kappa shape index (κ2) is 6.64. The molecule has 1 unspecified atom stereocenters. The molecule has 0 spiro atoms. The van der Waals surface area contributed by atoms with Crippen LogP contribution >= 0.6 is 0 Å². The third kappa shape index (κ3) is 3.91. The van der Waals surface area contributed by atoms with Crippen LogP contribution in [0.2, 0.25) is 0 Å². The molecule has 100 valence electrons. The summed E-state index contributed by atoms with van der Waals surface area (Å²) in [6, 6.07) is 7.79. The molecule has 0 saturated heterocycles. The predicted molar refractivity (Wildman–Crippen MR) is 74.1 cm³/mol. The average Bonchev–Trinajstić information content (AvgIpc) is 2.90. The maximum absolute atomic E-state index is 9.98. The van der Waals surface area contributed by atoms with Gasteiger partial charge in [0.05, 0.1) is 13.2 Å². The van der Waals surface area contributed by atoms with Crippen molar-refractivity contribution < 1.29 is 9.84 Å². The average molecular weight is 249 g/mol. The van der Waals surface area contributed by atoms with E-state index in [0.29, 0.717) is 6.54 Å². The zero-order valence-corrected chi connectivity index (χ0v) is 11.1. The van der Waals surface area contributed by atoms with E-state index in [2.05, 4.69) is 5.32 Å². The second-order valence-corrected chi connectivity index (χ2v) is 5.15. The number of benzene rings is 1. The number of aliphatic hydroxyl groups is 1.